The molecule has 2 nitrogen and oxygen atoms in total. The van der Waals surface area contributed by atoms with Crippen LogP contribution >= 0.6 is 0 Å². The Balaban J connectivity index is 2.38. The number of rotatable bonds is 6. The fourth-order valence-electron chi connectivity index (χ4n) is 1.55. The second-order valence-corrected chi connectivity index (χ2v) is 4.12. The lowest BCUT2D eigenvalue weighted by Crippen LogP contribution is -2.35. The van der Waals surface area contributed by atoms with Gasteiger partial charge in [-0.25, -0.2) is 0 Å². The monoisotopic (exact) mass is 217 g/mol. The van der Waals surface area contributed by atoms with Crippen LogP contribution in [0, 0.1) is 12.3 Å². The lowest BCUT2D eigenvalue weighted by atomic mass is 9.96. The number of aliphatic hydroxyl groups is 1. The van der Waals surface area contributed by atoms with Crippen LogP contribution < -0.4 is 5.32 Å². The maximum atomic E-state index is 10.2. The normalized spacial score (nSPS) is 14.1. The largest absolute Gasteiger partial charge is 0.384 e. The van der Waals surface area contributed by atoms with Crippen LogP contribution in [0.15, 0.2) is 30.3 Å². The first-order valence-corrected chi connectivity index (χ1v) is 5.59. The molecule has 1 aromatic rings. The third-order valence-corrected chi connectivity index (χ3v) is 2.54. The van der Waals surface area contributed by atoms with Crippen LogP contribution in [0.5, 0.6) is 0 Å². The standard InChI is InChI=1S/C14H19NO/c1-3-4-8-11-15-12-14(2,16)13-9-6-5-7-10-13/h1,5-7,9-10,15-16H,4,8,11-12H2,2H3. The third-order valence-electron chi connectivity index (χ3n) is 2.54. The first-order chi connectivity index (χ1) is 7.67. The minimum Gasteiger partial charge on any atom is -0.384 e. The summed E-state index contributed by atoms with van der Waals surface area (Å²) in [5.41, 5.74) is 0.108. The van der Waals surface area contributed by atoms with Crippen LogP contribution in [0.1, 0.15) is 25.3 Å². The van der Waals surface area contributed by atoms with E-state index in [1.807, 2.05) is 37.3 Å². The number of hydrogen-bond donors (Lipinski definition) is 2. The maximum absolute atomic E-state index is 10.2. The van der Waals surface area contributed by atoms with Gasteiger partial charge in [0.2, 0.25) is 0 Å². The lowest BCUT2D eigenvalue weighted by molar-refractivity contribution is 0.0572. The van der Waals surface area contributed by atoms with Crippen molar-refractivity contribution in [2.45, 2.75) is 25.4 Å². The van der Waals surface area contributed by atoms with Crippen molar-refractivity contribution in [3.05, 3.63) is 35.9 Å². The fraction of sp³-hybridized carbons (Fsp3) is 0.429. The average molecular weight is 217 g/mol. The molecule has 1 aromatic carbocycles. The molecule has 1 atom stereocenters. The van der Waals surface area contributed by atoms with Gasteiger partial charge in [-0.15, -0.1) is 12.3 Å². The molecular formula is C14H19NO. The van der Waals surface area contributed by atoms with Crippen molar-refractivity contribution in [1.29, 1.82) is 0 Å². The van der Waals surface area contributed by atoms with Gasteiger partial charge in [0.1, 0.15) is 0 Å². The van der Waals surface area contributed by atoms with Crippen LogP contribution in [0.25, 0.3) is 0 Å². The molecule has 1 unspecified atom stereocenters. The van der Waals surface area contributed by atoms with Gasteiger partial charge in [-0.1, -0.05) is 30.3 Å². The topological polar surface area (TPSA) is 32.3 Å². The molecule has 0 heterocycles. The number of benzene rings is 1. The molecule has 0 saturated carbocycles. The van der Waals surface area contributed by atoms with E-state index in [4.69, 9.17) is 6.42 Å². The fourth-order valence-corrected chi connectivity index (χ4v) is 1.55. The highest BCUT2D eigenvalue weighted by Crippen LogP contribution is 2.18. The molecule has 0 bridgehead atoms. The first-order valence-electron chi connectivity index (χ1n) is 5.59. The summed E-state index contributed by atoms with van der Waals surface area (Å²) in [5.74, 6) is 2.59. The Morgan fingerprint density at radius 3 is 2.69 bits per heavy atom. The van der Waals surface area contributed by atoms with E-state index in [0.29, 0.717) is 6.54 Å². The Morgan fingerprint density at radius 1 is 1.38 bits per heavy atom. The van der Waals surface area contributed by atoms with Gasteiger partial charge in [-0.2, -0.15) is 0 Å². The zero-order chi connectivity index (χ0) is 11.9. The van der Waals surface area contributed by atoms with Crippen molar-refractivity contribution < 1.29 is 5.11 Å². The third kappa shape index (κ3) is 4.06. The second-order valence-electron chi connectivity index (χ2n) is 4.12. The summed E-state index contributed by atoms with van der Waals surface area (Å²) >= 11 is 0. The molecular weight excluding hydrogens is 198 g/mol. The molecule has 86 valence electrons. The molecule has 0 fully saturated rings. The van der Waals surface area contributed by atoms with Gasteiger partial charge >= 0.3 is 0 Å². The van der Waals surface area contributed by atoms with E-state index < -0.39 is 5.60 Å². The lowest BCUT2D eigenvalue weighted by Gasteiger charge is -2.24. The molecule has 0 aliphatic carbocycles. The van der Waals surface area contributed by atoms with Crippen LogP contribution in [-0.4, -0.2) is 18.2 Å². The predicted molar refractivity (Wildman–Crippen MR) is 66.9 cm³/mol. The number of terminal acetylenes is 1. The second kappa shape index (κ2) is 6.32. The van der Waals surface area contributed by atoms with Gasteiger partial charge in [-0.3, -0.25) is 0 Å². The highest BCUT2D eigenvalue weighted by Gasteiger charge is 2.21. The quantitative estimate of drug-likeness (QED) is 0.563. The summed E-state index contributed by atoms with van der Waals surface area (Å²) in [6, 6.07) is 9.68. The summed E-state index contributed by atoms with van der Waals surface area (Å²) in [6.45, 7) is 3.20. The highest BCUT2D eigenvalue weighted by molar-refractivity contribution is 5.21. The van der Waals surface area contributed by atoms with E-state index in [1.54, 1.807) is 0 Å². The van der Waals surface area contributed by atoms with E-state index in [0.717, 1.165) is 24.9 Å². The van der Waals surface area contributed by atoms with Crippen LogP contribution in [0.3, 0.4) is 0 Å². The molecule has 0 saturated heterocycles. The van der Waals surface area contributed by atoms with Crippen molar-refractivity contribution in [3.63, 3.8) is 0 Å². The van der Waals surface area contributed by atoms with E-state index >= 15 is 0 Å². The zero-order valence-corrected chi connectivity index (χ0v) is 9.74. The zero-order valence-electron chi connectivity index (χ0n) is 9.74. The minimum atomic E-state index is -0.822. The van der Waals surface area contributed by atoms with Gasteiger partial charge in [0.15, 0.2) is 0 Å². The van der Waals surface area contributed by atoms with Gasteiger partial charge in [0.25, 0.3) is 0 Å². The molecule has 0 aliphatic heterocycles. The Morgan fingerprint density at radius 2 is 2.06 bits per heavy atom. The van der Waals surface area contributed by atoms with Gasteiger partial charge < -0.3 is 10.4 Å². The molecule has 1 rings (SSSR count). The number of hydrogen-bond acceptors (Lipinski definition) is 2. The Hall–Kier alpha value is -1.30. The Bertz CT molecular complexity index is 338. The molecule has 0 aliphatic rings. The van der Waals surface area contributed by atoms with E-state index in [9.17, 15) is 5.11 Å². The summed E-state index contributed by atoms with van der Waals surface area (Å²) in [5, 5.41) is 13.5. The molecule has 0 radical (unpaired) electrons. The molecule has 2 heteroatoms. The van der Waals surface area contributed by atoms with Crippen molar-refractivity contribution in [1.82, 2.24) is 5.32 Å². The van der Waals surface area contributed by atoms with Crippen LogP contribution in [0.4, 0.5) is 0 Å². The van der Waals surface area contributed by atoms with Gasteiger partial charge in [0.05, 0.1) is 5.60 Å². The Labute approximate surface area is 97.7 Å². The van der Waals surface area contributed by atoms with Crippen molar-refractivity contribution in [2.24, 2.45) is 0 Å². The van der Waals surface area contributed by atoms with Crippen molar-refractivity contribution >= 4 is 0 Å². The van der Waals surface area contributed by atoms with Crippen LogP contribution in [0.2, 0.25) is 0 Å². The van der Waals surface area contributed by atoms with E-state index in [2.05, 4.69) is 11.2 Å². The summed E-state index contributed by atoms with van der Waals surface area (Å²) in [7, 11) is 0. The summed E-state index contributed by atoms with van der Waals surface area (Å²) in [4.78, 5) is 0. The molecule has 0 aromatic heterocycles. The van der Waals surface area contributed by atoms with Crippen molar-refractivity contribution in [3.8, 4) is 12.3 Å². The SMILES string of the molecule is C#CCCCNCC(C)(O)c1ccccc1. The summed E-state index contributed by atoms with van der Waals surface area (Å²) < 4.78 is 0. The number of unbranched alkanes of at least 4 members (excludes halogenated alkanes) is 1. The first kappa shape index (κ1) is 12.8. The molecule has 0 spiro atoms. The molecule has 0 amide bonds. The number of nitrogens with one attached hydrogen (secondary N) is 1. The molecule has 2 N–H and O–H groups in total. The summed E-state index contributed by atoms with van der Waals surface area (Å²) in [6.07, 6.45) is 6.88. The van der Waals surface area contributed by atoms with Crippen molar-refractivity contribution in [2.75, 3.05) is 13.1 Å². The smallest absolute Gasteiger partial charge is 0.0992 e. The molecule has 16 heavy (non-hydrogen) atoms. The van der Waals surface area contributed by atoms with Gasteiger partial charge in [0, 0.05) is 13.0 Å². The minimum absolute atomic E-state index is 0.543. The average Bonchev–Trinajstić information content (AvgIpc) is 2.30. The maximum Gasteiger partial charge on any atom is 0.0992 e. The highest BCUT2D eigenvalue weighted by atomic mass is 16.3. The van der Waals surface area contributed by atoms with E-state index in [-0.39, 0.29) is 0 Å². The van der Waals surface area contributed by atoms with E-state index in [1.165, 1.54) is 0 Å². The van der Waals surface area contributed by atoms with Crippen LogP contribution in [-0.2, 0) is 5.60 Å². The Kier molecular flexibility index (Phi) is 5.04. The predicted octanol–water partition coefficient (Wildman–Crippen LogP) is 1.90. The van der Waals surface area contributed by atoms with Gasteiger partial charge in [-0.05, 0) is 25.5 Å².